The van der Waals surface area contributed by atoms with Crippen molar-refractivity contribution in [2.24, 2.45) is 5.92 Å². The molecule has 1 aromatic rings. The van der Waals surface area contributed by atoms with Gasteiger partial charge in [-0.2, -0.15) is 0 Å². The molecule has 1 aromatic carbocycles. The molecule has 0 saturated heterocycles. The van der Waals surface area contributed by atoms with E-state index in [2.05, 4.69) is 27.4 Å². The van der Waals surface area contributed by atoms with Gasteiger partial charge in [0.15, 0.2) is 0 Å². The normalized spacial score (nSPS) is 18.3. The number of hydrogen-bond donors (Lipinski definition) is 0. The van der Waals surface area contributed by atoms with Gasteiger partial charge in [0.05, 0.1) is 0 Å². The van der Waals surface area contributed by atoms with Crippen LogP contribution in [0.15, 0.2) is 30.8 Å². The summed E-state index contributed by atoms with van der Waals surface area (Å²) < 4.78 is 0. The molecular weight excluding hydrogens is 288 g/mol. The van der Waals surface area contributed by atoms with Crippen molar-refractivity contribution in [1.82, 2.24) is 9.80 Å². The minimum Gasteiger partial charge on any atom is -0.335 e. The zero-order valence-corrected chi connectivity index (χ0v) is 14.1. The topological polar surface area (TPSA) is 40.6 Å². The van der Waals surface area contributed by atoms with Crippen molar-refractivity contribution in [3.8, 4) is 0 Å². The minimum atomic E-state index is -0.119. The lowest BCUT2D eigenvalue weighted by atomic mass is 10.0. The number of hydrogen-bond acceptors (Lipinski definition) is 2. The average Bonchev–Trinajstić information content (AvgIpc) is 3.32. The second kappa shape index (κ2) is 5.84. The lowest BCUT2D eigenvalue weighted by molar-refractivity contribution is -0.134. The molecular formula is C19H24N2O2. The van der Waals surface area contributed by atoms with E-state index >= 15 is 0 Å². The van der Waals surface area contributed by atoms with Crippen LogP contribution in [0.1, 0.15) is 49.5 Å². The second-order valence-corrected chi connectivity index (χ2v) is 6.90. The van der Waals surface area contributed by atoms with Crippen LogP contribution in [-0.4, -0.2) is 40.2 Å². The van der Waals surface area contributed by atoms with Crippen LogP contribution in [0.4, 0.5) is 0 Å². The molecule has 4 heteroatoms. The molecule has 1 atom stereocenters. The zero-order chi connectivity index (χ0) is 16.7. The van der Waals surface area contributed by atoms with Crippen LogP contribution < -0.4 is 0 Å². The molecule has 0 bridgehead atoms. The Labute approximate surface area is 137 Å². The van der Waals surface area contributed by atoms with Crippen molar-refractivity contribution >= 4 is 17.5 Å². The van der Waals surface area contributed by atoms with E-state index in [1.54, 1.807) is 6.07 Å². The van der Waals surface area contributed by atoms with Gasteiger partial charge < -0.3 is 4.90 Å². The number of carbonyl (C=O) groups is 2. The highest BCUT2D eigenvalue weighted by Crippen LogP contribution is 2.34. The first-order chi connectivity index (χ1) is 10.9. The van der Waals surface area contributed by atoms with Gasteiger partial charge in [0, 0.05) is 28.9 Å². The largest absolute Gasteiger partial charge is 0.335 e. The SMILES string of the molecule is C=C1c2ccccc2C(=O)N1CC(=O)N(C1CC1)[C@H](C)C(C)C. The molecule has 122 valence electrons. The fourth-order valence-corrected chi connectivity index (χ4v) is 3.16. The van der Waals surface area contributed by atoms with E-state index in [-0.39, 0.29) is 24.4 Å². The molecule has 3 rings (SSSR count). The quantitative estimate of drug-likeness (QED) is 0.838. The van der Waals surface area contributed by atoms with E-state index < -0.39 is 0 Å². The maximum atomic E-state index is 12.9. The van der Waals surface area contributed by atoms with Crippen molar-refractivity contribution in [3.63, 3.8) is 0 Å². The van der Waals surface area contributed by atoms with Crippen LogP contribution in [0.5, 0.6) is 0 Å². The molecule has 1 aliphatic heterocycles. The van der Waals surface area contributed by atoms with Gasteiger partial charge in [0.25, 0.3) is 5.91 Å². The number of rotatable bonds is 5. The summed E-state index contributed by atoms with van der Waals surface area (Å²) in [4.78, 5) is 28.9. The molecule has 1 aliphatic carbocycles. The third-order valence-electron chi connectivity index (χ3n) is 4.96. The summed E-state index contributed by atoms with van der Waals surface area (Å²) in [5.41, 5.74) is 2.10. The smallest absolute Gasteiger partial charge is 0.259 e. The van der Waals surface area contributed by atoms with E-state index in [1.807, 2.05) is 23.1 Å². The van der Waals surface area contributed by atoms with E-state index in [0.29, 0.717) is 23.2 Å². The Morgan fingerprint density at radius 2 is 1.87 bits per heavy atom. The van der Waals surface area contributed by atoms with Gasteiger partial charge in [-0.1, -0.05) is 38.6 Å². The first-order valence-corrected chi connectivity index (χ1v) is 8.33. The molecule has 0 spiro atoms. The Hall–Kier alpha value is -2.10. The first kappa shape index (κ1) is 15.8. The predicted octanol–water partition coefficient (Wildman–Crippen LogP) is 3.15. The first-order valence-electron chi connectivity index (χ1n) is 8.33. The molecule has 0 N–H and O–H groups in total. The molecule has 0 radical (unpaired) electrons. The van der Waals surface area contributed by atoms with Gasteiger partial charge in [-0.05, 0) is 31.7 Å². The van der Waals surface area contributed by atoms with Gasteiger partial charge >= 0.3 is 0 Å². The van der Waals surface area contributed by atoms with Crippen molar-refractivity contribution in [1.29, 1.82) is 0 Å². The Bertz CT molecular complexity index is 626. The van der Waals surface area contributed by atoms with E-state index in [4.69, 9.17) is 0 Å². The zero-order valence-electron chi connectivity index (χ0n) is 14.1. The van der Waals surface area contributed by atoms with Gasteiger partial charge in [0.1, 0.15) is 6.54 Å². The molecule has 23 heavy (non-hydrogen) atoms. The molecule has 4 nitrogen and oxygen atoms in total. The van der Waals surface area contributed by atoms with E-state index in [0.717, 1.165) is 18.4 Å². The van der Waals surface area contributed by atoms with Gasteiger partial charge in [-0.15, -0.1) is 0 Å². The molecule has 1 heterocycles. The summed E-state index contributed by atoms with van der Waals surface area (Å²) in [5, 5.41) is 0. The van der Waals surface area contributed by atoms with Crippen molar-refractivity contribution in [2.75, 3.05) is 6.54 Å². The highest BCUT2D eigenvalue weighted by Gasteiger charge is 2.39. The summed E-state index contributed by atoms with van der Waals surface area (Å²) in [5.74, 6) is 0.303. The second-order valence-electron chi connectivity index (χ2n) is 6.90. The number of fused-ring (bicyclic) bond motifs is 1. The van der Waals surface area contributed by atoms with E-state index in [1.165, 1.54) is 4.90 Å². The maximum Gasteiger partial charge on any atom is 0.259 e. The van der Waals surface area contributed by atoms with Crippen molar-refractivity contribution in [2.45, 2.75) is 45.7 Å². The fraction of sp³-hybridized carbons (Fsp3) is 0.474. The Morgan fingerprint density at radius 3 is 2.39 bits per heavy atom. The molecule has 0 aromatic heterocycles. The summed E-state index contributed by atoms with van der Waals surface area (Å²) >= 11 is 0. The third kappa shape index (κ3) is 2.78. The summed E-state index contributed by atoms with van der Waals surface area (Å²) in [6.45, 7) is 10.4. The maximum absolute atomic E-state index is 12.9. The highest BCUT2D eigenvalue weighted by molar-refractivity contribution is 6.10. The van der Waals surface area contributed by atoms with Crippen LogP contribution in [0.2, 0.25) is 0 Å². The Balaban J connectivity index is 1.78. The third-order valence-corrected chi connectivity index (χ3v) is 4.96. The monoisotopic (exact) mass is 312 g/mol. The lowest BCUT2D eigenvalue weighted by Gasteiger charge is -2.33. The molecule has 0 unspecified atom stereocenters. The number of carbonyl (C=O) groups excluding carboxylic acids is 2. The lowest BCUT2D eigenvalue weighted by Crippen LogP contribution is -2.47. The Morgan fingerprint density at radius 1 is 1.26 bits per heavy atom. The van der Waals surface area contributed by atoms with Crippen LogP contribution in [-0.2, 0) is 4.79 Å². The van der Waals surface area contributed by atoms with Crippen LogP contribution in [0.3, 0.4) is 0 Å². The summed E-state index contributed by atoms with van der Waals surface area (Å²) in [6, 6.07) is 7.93. The molecule has 1 saturated carbocycles. The van der Waals surface area contributed by atoms with Gasteiger partial charge in [0.2, 0.25) is 5.91 Å². The van der Waals surface area contributed by atoms with Crippen molar-refractivity contribution < 1.29 is 9.59 Å². The predicted molar refractivity (Wildman–Crippen MR) is 90.7 cm³/mol. The number of amides is 2. The van der Waals surface area contributed by atoms with Gasteiger partial charge in [-0.3, -0.25) is 14.5 Å². The molecule has 1 fully saturated rings. The van der Waals surface area contributed by atoms with Gasteiger partial charge in [-0.25, -0.2) is 0 Å². The van der Waals surface area contributed by atoms with Crippen LogP contribution >= 0.6 is 0 Å². The van der Waals surface area contributed by atoms with E-state index in [9.17, 15) is 9.59 Å². The Kier molecular flexibility index (Phi) is 4.00. The van der Waals surface area contributed by atoms with Crippen LogP contribution in [0, 0.1) is 5.92 Å². The fourth-order valence-electron chi connectivity index (χ4n) is 3.16. The number of benzene rings is 1. The van der Waals surface area contributed by atoms with Crippen LogP contribution in [0.25, 0.3) is 5.70 Å². The molecule has 2 amide bonds. The molecule has 2 aliphatic rings. The highest BCUT2D eigenvalue weighted by atomic mass is 16.2. The van der Waals surface area contributed by atoms with Crippen molar-refractivity contribution in [3.05, 3.63) is 42.0 Å². The minimum absolute atomic E-state index is 0.0241. The standard InChI is InChI=1S/C19H24N2O2/c1-12(2)13(3)21(15-9-10-15)18(22)11-20-14(4)16-7-5-6-8-17(16)19(20)23/h5-8,12-13,15H,4,9-11H2,1-3H3/t13-/m1/s1. The summed E-state index contributed by atoms with van der Waals surface area (Å²) in [7, 11) is 0. The number of nitrogens with zero attached hydrogens (tertiary/aromatic N) is 2. The average molecular weight is 312 g/mol. The summed E-state index contributed by atoms with van der Waals surface area (Å²) in [6.07, 6.45) is 2.13.